The number of carbonyl (C=O) groups is 2. The first-order valence-corrected chi connectivity index (χ1v) is 11.0. The molecule has 0 saturated carbocycles. The molecule has 1 fully saturated rings. The molecule has 1 N–H and O–H groups in total. The highest BCUT2D eigenvalue weighted by molar-refractivity contribution is 6.48. The molecule has 2 rings (SSSR count). The van der Waals surface area contributed by atoms with Gasteiger partial charge in [-0.05, 0) is 37.1 Å². The lowest BCUT2D eigenvalue weighted by atomic mass is 9.70. The van der Waals surface area contributed by atoms with Gasteiger partial charge in [-0.3, -0.25) is 4.79 Å². The maximum Gasteiger partial charge on any atom is 0.340 e. The van der Waals surface area contributed by atoms with Crippen molar-refractivity contribution < 1.29 is 18.8 Å². The van der Waals surface area contributed by atoms with E-state index in [0.29, 0.717) is 12.2 Å². The Kier molecular flexibility index (Phi) is 6.06. The lowest BCUT2D eigenvalue weighted by molar-refractivity contribution is -0.157. The maximum atomic E-state index is 12.5. The molecule has 1 aliphatic rings. The van der Waals surface area contributed by atoms with Gasteiger partial charge >= 0.3 is 5.97 Å². The van der Waals surface area contributed by atoms with E-state index in [0.717, 1.165) is 5.56 Å². The number of hydrogen-bond donors (Lipinski definition) is 1. The summed E-state index contributed by atoms with van der Waals surface area (Å²) in [6.07, 6.45) is -0.600. The van der Waals surface area contributed by atoms with Crippen molar-refractivity contribution in [2.24, 2.45) is 17.3 Å². The predicted octanol–water partition coefficient (Wildman–Crippen LogP) is 3.15. The van der Waals surface area contributed by atoms with E-state index < -0.39 is 21.2 Å². The Hall–Kier alpha value is -1.66. The zero-order valence-electron chi connectivity index (χ0n) is 15.9. The Bertz CT molecular complexity index is 639. The Morgan fingerprint density at radius 3 is 2.44 bits per heavy atom. The molecule has 1 saturated heterocycles. The molecule has 6 heteroatoms. The van der Waals surface area contributed by atoms with E-state index >= 15 is 0 Å². The van der Waals surface area contributed by atoms with E-state index in [4.69, 9.17) is 9.16 Å². The summed E-state index contributed by atoms with van der Waals surface area (Å²) in [7, 11) is -0.851. The highest BCUT2D eigenvalue weighted by Crippen LogP contribution is 2.38. The highest BCUT2D eigenvalue weighted by atomic mass is 28.3. The van der Waals surface area contributed by atoms with Crippen molar-refractivity contribution in [3.05, 3.63) is 35.4 Å². The van der Waals surface area contributed by atoms with Crippen LogP contribution in [0.1, 0.15) is 36.7 Å². The zero-order chi connectivity index (χ0) is 18.8. The van der Waals surface area contributed by atoms with Crippen LogP contribution in [0.15, 0.2) is 24.3 Å². The van der Waals surface area contributed by atoms with Crippen molar-refractivity contribution in [3.8, 4) is 0 Å². The molecule has 137 valence electrons. The second-order valence-corrected chi connectivity index (χ2v) is 9.97. The van der Waals surface area contributed by atoms with Gasteiger partial charge in [-0.2, -0.15) is 0 Å². The summed E-state index contributed by atoms with van der Waals surface area (Å²) in [4.78, 5) is 24.7. The molecular weight excluding hydrogens is 334 g/mol. The first-order chi connectivity index (χ1) is 11.6. The second-order valence-electron chi connectivity index (χ2n) is 7.87. The van der Waals surface area contributed by atoms with Crippen molar-refractivity contribution in [3.63, 3.8) is 0 Å². The molecule has 25 heavy (non-hydrogen) atoms. The van der Waals surface area contributed by atoms with E-state index in [9.17, 15) is 9.59 Å². The van der Waals surface area contributed by atoms with Crippen LogP contribution in [0.5, 0.6) is 0 Å². The average molecular weight is 363 g/mol. The molecule has 5 nitrogen and oxygen atoms in total. The maximum absolute atomic E-state index is 12.5. The summed E-state index contributed by atoms with van der Waals surface area (Å²) in [5.74, 6) is -0.880. The fourth-order valence-electron chi connectivity index (χ4n) is 2.99. The summed E-state index contributed by atoms with van der Waals surface area (Å²) in [6.45, 7) is 12.8. The molecule has 0 aliphatic carbocycles. The number of β-lactam (4-membered cyclic amide) rings is 1. The highest BCUT2D eigenvalue weighted by Gasteiger charge is 2.50. The molecule has 1 heterocycles. The molecule has 0 aromatic heterocycles. The Balaban J connectivity index is 2.12. The third-order valence-electron chi connectivity index (χ3n) is 4.61. The summed E-state index contributed by atoms with van der Waals surface area (Å²) in [6, 6.07) is 7.28. The van der Waals surface area contributed by atoms with Crippen LogP contribution < -0.4 is 5.32 Å². The Labute approximate surface area is 151 Å². The van der Waals surface area contributed by atoms with Crippen molar-refractivity contribution in [2.45, 2.75) is 47.0 Å². The Morgan fingerprint density at radius 1 is 1.28 bits per heavy atom. The second kappa shape index (κ2) is 7.70. The SMILES string of the molecule is Cc1ccccc1C(=O)O[C@H]1NC(=O)[C@@H]1[C@@H](CO[Si](C)C)C(C)(C)C. The van der Waals surface area contributed by atoms with Crippen LogP contribution in [0.4, 0.5) is 0 Å². The fourth-order valence-corrected chi connectivity index (χ4v) is 3.51. The molecule has 1 radical (unpaired) electrons. The minimum atomic E-state index is -0.851. The molecule has 1 aliphatic heterocycles. The number of aryl methyl sites for hydroxylation is 1. The van der Waals surface area contributed by atoms with Crippen LogP contribution in [-0.4, -0.2) is 33.8 Å². The summed E-state index contributed by atoms with van der Waals surface area (Å²) in [5, 5.41) is 2.72. The van der Waals surface area contributed by atoms with Crippen LogP contribution in [0, 0.1) is 24.2 Å². The summed E-state index contributed by atoms with van der Waals surface area (Å²) in [5.41, 5.74) is 1.25. The van der Waals surface area contributed by atoms with Gasteiger partial charge in [0.1, 0.15) is 0 Å². The van der Waals surface area contributed by atoms with Crippen LogP contribution in [0.25, 0.3) is 0 Å². The number of rotatable bonds is 6. The van der Waals surface area contributed by atoms with Crippen molar-refractivity contribution >= 4 is 20.9 Å². The van der Waals surface area contributed by atoms with E-state index in [2.05, 4.69) is 39.2 Å². The number of benzene rings is 1. The molecule has 0 bridgehead atoms. The normalized spacial score (nSPS) is 21.5. The fraction of sp³-hybridized carbons (Fsp3) is 0.579. The molecule has 1 aromatic rings. The van der Waals surface area contributed by atoms with Gasteiger partial charge in [0.2, 0.25) is 14.9 Å². The van der Waals surface area contributed by atoms with Crippen LogP contribution >= 0.6 is 0 Å². The summed E-state index contributed by atoms with van der Waals surface area (Å²) < 4.78 is 11.5. The third kappa shape index (κ3) is 4.70. The average Bonchev–Trinajstić information content (AvgIpc) is 2.49. The van der Waals surface area contributed by atoms with E-state index in [1.807, 2.05) is 19.1 Å². The minimum Gasteiger partial charge on any atom is -0.437 e. The largest absolute Gasteiger partial charge is 0.437 e. The van der Waals surface area contributed by atoms with Crippen molar-refractivity contribution in [1.29, 1.82) is 0 Å². The van der Waals surface area contributed by atoms with Gasteiger partial charge in [-0.1, -0.05) is 39.0 Å². The zero-order valence-corrected chi connectivity index (χ0v) is 16.9. The minimum absolute atomic E-state index is 0.0178. The number of hydrogen-bond acceptors (Lipinski definition) is 4. The van der Waals surface area contributed by atoms with E-state index in [1.165, 1.54) is 0 Å². The van der Waals surface area contributed by atoms with Crippen LogP contribution in [-0.2, 0) is 14.0 Å². The van der Waals surface area contributed by atoms with E-state index in [1.54, 1.807) is 12.1 Å². The molecular formula is C19H28NO4Si. The molecule has 0 spiro atoms. The van der Waals surface area contributed by atoms with Gasteiger partial charge in [0.25, 0.3) is 0 Å². The van der Waals surface area contributed by atoms with Gasteiger partial charge in [0.15, 0.2) is 6.23 Å². The summed E-state index contributed by atoms with van der Waals surface area (Å²) >= 11 is 0. The lowest BCUT2D eigenvalue weighted by Crippen LogP contribution is -2.64. The van der Waals surface area contributed by atoms with Gasteiger partial charge in [0, 0.05) is 12.5 Å². The Morgan fingerprint density at radius 2 is 1.92 bits per heavy atom. The number of ether oxygens (including phenoxy) is 1. The van der Waals surface area contributed by atoms with Crippen LogP contribution in [0.2, 0.25) is 13.1 Å². The smallest absolute Gasteiger partial charge is 0.340 e. The predicted molar refractivity (Wildman–Crippen MR) is 98.4 cm³/mol. The van der Waals surface area contributed by atoms with Gasteiger partial charge in [-0.15, -0.1) is 0 Å². The first kappa shape index (κ1) is 19.7. The number of carbonyl (C=O) groups excluding carboxylic acids is 2. The molecule has 0 unspecified atom stereocenters. The van der Waals surface area contributed by atoms with Crippen LogP contribution in [0.3, 0.4) is 0 Å². The van der Waals surface area contributed by atoms with Gasteiger partial charge in [0.05, 0.1) is 11.5 Å². The van der Waals surface area contributed by atoms with Gasteiger partial charge in [-0.25, -0.2) is 4.79 Å². The standard InChI is InChI=1S/C19H28NO4Si/c1-12-9-7-8-10-13(12)18(22)24-17-15(16(21)20-17)14(19(2,3)4)11-23-25(5)6/h7-10,14-15,17H,11H2,1-6H3,(H,20,21)/t14-,15+,17-/m1/s1. The number of esters is 1. The van der Waals surface area contributed by atoms with Gasteiger partial charge < -0.3 is 14.5 Å². The molecule has 1 aromatic carbocycles. The first-order valence-electron chi connectivity index (χ1n) is 8.61. The monoisotopic (exact) mass is 362 g/mol. The van der Waals surface area contributed by atoms with Crippen molar-refractivity contribution in [1.82, 2.24) is 5.32 Å². The molecule has 3 atom stereocenters. The van der Waals surface area contributed by atoms with Crippen molar-refractivity contribution in [2.75, 3.05) is 6.61 Å². The number of nitrogens with one attached hydrogen (secondary N) is 1. The number of amides is 1. The topological polar surface area (TPSA) is 64.6 Å². The van der Waals surface area contributed by atoms with E-state index in [-0.39, 0.29) is 23.2 Å². The molecule has 1 amide bonds. The quantitative estimate of drug-likeness (QED) is 0.480. The third-order valence-corrected chi connectivity index (χ3v) is 5.35. The lowest BCUT2D eigenvalue weighted by Gasteiger charge is -2.45.